The molecule has 21 heavy (non-hydrogen) atoms. The second-order valence-electron chi connectivity index (χ2n) is 6.25. The zero-order valence-electron chi connectivity index (χ0n) is 13.8. The van der Waals surface area contributed by atoms with Gasteiger partial charge in [-0.05, 0) is 63.8 Å². The molecular weight excluding hydrogens is 262 g/mol. The Bertz CT molecular complexity index is 435. The summed E-state index contributed by atoms with van der Waals surface area (Å²) >= 11 is 0. The topological polar surface area (TPSA) is 30.5 Å². The number of methoxy groups -OCH3 is 1. The van der Waals surface area contributed by atoms with Crippen molar-refractivity contribution in [1.29, 1.82) is 0 Å². The summed E-state index contributed by atoms with van der Waals surface area (Å²) in [6, 6.07) is 8.69. The molecule has 3 nitrogen and oxygen atoms in total. The van der Waals surface area contributed by atoms with Gasteiger partial charge < -0.3 is 14.8 Å². The van der Waals surface area contributed by atoms with E-state index in [4.69, 9.17) is 9.47 Å². The minimum atomic E-state index is -0.0500. The van der Waals surface area contributed by atoms with E-state index in [1.165, 1.54) is 12.0 Å². The zero-order valence-corrected chi connectivity index (χ0v) is 13.8. The van der Waals surface area contributed by atoms with Crippen LogP contribution in [0.5, 0.6) is 5.75 Å². The van der Waals surface area contributed by atoms with Crippen molar-refractivity contribution >= 4 is 0 Å². The Kier molecular flexibility index (Phi) is 5.65. The van der Waals surface area contributed by atoms with Crippen molar-refractivity contribution in [3.63, 3.8) is 0 Å². The Hall–Kier alpha value is -1.06. The van der Waals surface area contributed by atoms with Crippen LogP contribution in [0, 0.1) is 0 Å². The molecule has 0 amide bonds. The van der Waals surface area contributed by atoms with Crippen molar-refractivity contribution in [2.45, 2.75) is 64.2 Å². The van der Waals surface area contributed by atoms with Gasteiger partial charge in [-0.3, -0.25) is 0 Å². The fraction of sp³-hybridized carbons (Fsp3) is 0.667. The highest BCUT2D eigenvalue weighted by molar-refractivity contribution is 5.33. The summed E-state index contributed by atoms with van der Waals surface area (Å²) in [5, 5.41) is 3.68. The van der Waals surface area contributed by atoms with Crippen molar-refractivity contribution in [3.8, 4) is 5.75 Å². The van der Waals surface area contributed by atoms with Crippen LogP contribution in [-0.2, 0) is 4.74 Å². The molecular formula is C18H29NO2. The molecule has 1 saturated carbocycles. The van der Waals surface area contributed by atoms with Crippen LogP contribution in [0.3, 0.4) is 0 Å². The normalized spacial score (nSPS) is 18.3. The SMILES string of the molecule is CCCNC(c1cccc(OC(C)C)c1)C1(OC)CCC1. The predicted molar refractivity (Wildman–Crippen MR) is 86.8 cm³/mol. The average Bonchev–Trinajstić information content (AvgIpc) is 2.41. The van der Waals surface area contributed by atoms with Gasteiger partial charge in [-0.25, -0.2) is 0 Å². The van der Waals surface area contributed by atoms with Crippen molar-refractivity contribution in [2.75, 3.05) is 13.7 Å². The summed E-state index contributed by atoms with van der Waals surface area (Å²) in [6.07, 6.45) is 4.82. The smallest absolute Gasteiger partial charge is 0.120 e. The maximum Gasteiger partial charge on any atom is 0.120 e. The average molecular weight is 291 g/mol. The molecule has 0 aliphatic heterocycles. The van der Waals surface area contributed by atoms with Gasteiger partial charge >= 0.3 is 0 Å². The second-order valence-corrected chi connectivity index (χ2v) is 6.25. The van der Waals surface area contributed by atoms with Crippen LogP contribution in [-0.4, -0.2) is 25.4 Å². The number of hydrogen-bond donors (Lipinski definition) is 1. The molecule has 0 spiro atoms. The lowest BCUT2D eigenvalue weighted by Crippen LogP contribution is -2.50. The Morgan fingerprint density at radius 1 is 1.29 bits per heavy atom. The highest BCUT2D eigenvalue weighted by atomic mass is 16.5. The van der Waals surface area contributed by atoms with Crippen LogP contribution >= 0.6 is 0 Å². The van der Waals surface area contributed by atoms with Gasteiger partial charge in [0.1, 0.15) is 5.75 Å². The monoisotopic (exact) mass is 291 g/mol. The third-order valence-corrected chi connectivity index (χ3v) is 4.29. The van der Waals surface area contributed by atoms with Crippen LogP contribution in [0.15, 0.2) is 24.3 Å². The van der Waals surface area contributed by atoms with E-state index in [0.29, 0.717) is 0 Å². The first-order valence-electron chi connectivity index (χ1n) is 8.16. The third kappa shape index (κ3) is 3.78. The van der Waals surface area contributed by atoms with Crippen molar-refractivity contribution < 1.29 is 9.47 Å². The van der Waals surface area contributed by atoms with Crippen molar-refractivity contribution in [2.24, 2.45) is 0 Å². The maximum atomic E-state index is 5.91. The second kappa shape index (κ2) is 7.28. The first-order chi connectivity index (χ1) is 10.1. The van der Waals surface area contributed by atoms with Gasteiger partial charge in [0.05, 0.1) is 17.7 Å². The molecule has 1 fully saturated rings. The van der Waals surface area contributed by atoms with Gasteiger partial charge in [0, 0.05) is 7.11 Å². The molecule has 1 aromatic carbocycles. The number of rotatable bonds is 8. The highest BCUT2D eigenvalue weighted by Gasteiger charge is 2.45. The number of hydrogen-bond acceptors (Lipinski definition) is 3. The molecule has 1 aromatic rings. The Morgan fingerprint density at radius 2 is 2.05 bits per heavy atom. The van der Waals surface area contributed by atoms with E-state index in [2.05, 4.69) is 44.3 Å². The fourth-order valence-corrected chi connectivity index (χ4v) is 3.07. The van der Waals surface area contributed by atoms with Crippen LogP contribution in [0.1, 0.15) is 58.1 Å². The largest absolute Gasteiger partial charge is 0.491 e. The van der Waals surface area contributed by atoms with Gasteiger partial charge in [-0.2, -0.15) is 0 Å². The summed E-state index contributed by atoms with van der Waals surface area (Å²) < 4.78 is 11.7. The van der Waals surface area contributed by atoms with E-state index < -0.39 is 0 Å². The van der Waals surface area contributed by atoms with Gasteiger partial charge in [0.25, 0.3) is 0 Å². The minimum Gasteiger partial charge on any atom is -0.491 e. The third-order valence-electron chi connectivity index (χ3n) is 4.29. The van der Waals surface area contributed by atoms with E-state index >= 15 is 0 Å². The number of nitrogens with one attached hydrogen (secondary N) is 1. The Labute approximate surface area is 129 Å². The summed E-state index contributed by atoms with van der Waals surface area (Å²) in [7, 11) is 1.84. The summed E-state index contributed by atoms with van der Waals surface area (Å²) in [6.45, 7) is 7.32. The number of ether oxygens (including phenoxy) is 2. The summed E-state index contributed by atoms with van der Waals surface area (Å²) in [5.41, 5.74) is 1.22. The molecule has 2 rings (SSSR count). The van der Waals surface area contributed by atoms with E-state index in [9.17, 15) is 0 Å². The van der Waals surface area contributed by atoms with E-state index in [-0.39, 0.29) is 17.7 Å². The van der Waals surface area contributed by atoms with Gasteiger partial charge in [-0.1, -0.05) is 19.1 Å². The highest BCUT2D eigenvalue weighted by Crippen LogP contribution is 2.45. The molecule has 0 radical (unpaired) electrons. The standard InChI is InChI=1S/C18H29NO2/c1-5-12-19-17(18(20-4)10-7-11-18)15-8-6-9-16(13-15)21-14(2)3/h6,8-9,13-14,17,19H,5,7,10-12H2,1-4H3. The molecule has 1 unspecified atom stereocenters. The Morgan fingerprint density at radius 3 is 2.57 bits per heavy atom. The zero-order chi connectivity index (χ0) is 15.3. The molecule has 0 aromatic heterocycles. The first-order valence-corrected chi connectivity index (χ1v) is 8.16. The molecule has 1 N–H and O–H groups in total. The summed E-state index contributed by atoms with van der Waals surface area (Å²) in [5.74, 6) is 0.941. The predicted octanol–water partition coefficient (Wildman–Crippen LogP) is 4.08. The van der Waals surface area contributed by atoms with Crippen LogP contribution in [0.2, 0.25) is 0 Å². The maximum absolute atomic E-state index is 5.91. The van der Waals surface area contributed by atoms with E-state index in [1.54, 1.807) is 0 Å². The minimum absolute atomic E-state index is 0.0500. The molecule has 1 aliphatic carbocycles. The number of benzene rings is 1. The fourth-order valence-electron chi connectivity index (χ4n) is 3.07. The quantitative estimate of drug-likeness (QED) is 0.782. The van der Waals surface area contributed by atoms with E-state index in [0.717, 1.165) is 31.6 Å². The van der Waals surface area contributed by atoms with Gasteiger partial charge in [-0.15, -0.1) is 0 Å². The first kappa shape index (κ1) is 16.3. The molecule has 3 heteroatoms. The molecule has 0 bridgehead atoms. The lowest BCUT2D eigenvalue weighted by Gasteiger charge is -2.47. The molecule has 118 valence electrons. The molecule has 1 atom stereocenters. The van der Waals surface area contributed by atoms with Crippen molar-refractivity contribution in [1.82, 2.24) is 5.32 Å². The molecule has 0 heterocycles. The van der Waals surface area contributed by atoms with Crippen LogP contribution in [0.4, 0.5) is 0 Å². The van der Waals surface area contributed by atoms with E-state index in [1.807, 2.05) is 13.2 Å². The van der Waals surface area contributed by atoms with Crippen molar-refractivity contribution in [3.05, 3.63) is 29.8 Å². The Balaban J connectivity index is 2.23. The molecule has 1 aliphatic rings. The van der Waals surface area contributed by atoms with Crippen LogP contribution in [0.25, 0.3) is 0 Å². The molecule has 0 saturated heterocycles. The van der Waals surface area contributed by atoms with Gasteiger partial charge in [0.2, 0.25) is 0 Å². The van der Waals surface area contributed by atoms with Crippen LogP contribution < -0.4 is 10.1 Å². The summed E-state index contributed by atoms with van der Waals surface area (Å²) in [4.78, 5) is 0. The lowest BCUT2D eigenvalue weighted by atomic mass is 9.72. The van der Waals surface area contributed by atoms with Gasteiger partial charge in [0.15, 0.2) is 0 Å². The lowest BCUT2D eigenvalue weighted by molar-refractivity contribution is -0.0997.